The molecule has 0 aromatic heterocycles. The van der Waals surface area contributed by atoms with Gasteiger partial charge in [-0.2, -0.15) is 0 Å². The maximum Gasteiger partial charge on any atom is 0.305 e. The minimum atomic E-state index is -1.05. The number of hydrogen-bond donors (Lipinski definition) is 2. The van der Waals surface area contributed by atoms with Gasteiger partial charge in [-0.1, -0.05) is 36.9 Å². The highest BCUT2D eigenvalue weighted by atomic mass is 35.5. The SMILES string of the molecule is O=C(O)CC(NC(=O)C1CCCCC1)c1ccc(Cl)c(F)c1. The number of carboxylic acid groups (broad SMARTS) is 1. The molecule has 0 saturated heterocycles. The van der Waals surface area contributed by atoms with Crippen molar-refractivity contribution >= 4 is 23.5 Å². The maximum atomic E-state index is 13.6. The van der Waals surface area contributed by atoms with Crippen molar-refractivity contribution in [2.75, 3.05) is 0 Å². The molecule has 0 spiro atoms. The van der Waals surface area contributed by atoms with Crippen LogP contribution in [0.4, 0.5) is 4.39 Å². The first-order valence-corrected chi connectivity index (χ1v) is 7.82. The summed E-state index contributed by atoms with van der Waals surface area (Å²) in [6, 6.07) is 3.34. The van der Waals surface area contributed by atoms with Gasteiger partial charge in [-0.05, 0) is 30.5 Å². The summed E-state index contributed by atoms with van der Waals surface area (Å²) in [4.78, 5) is 23.3. The number of hydrogen-bond acceptors (Lipinski definition) is 2. The first-order chi connectivity index (χ1) is 10.5. The predicted octanol–water partition coefficient (Wildman–Crippen LogP) is 3.69. The second-order valence-electron chi connectivity index (χ2n) is 5.67. The Morgan fingerprint density at radius 1 is 1.32 bits per heavy atom. The van der Waals surface area contributed by atoms with E-state index >= 15 is 0 Å². The first kappa shape index (κ1) is 16.7. The number of carbonyl (C=O) groups is 2. The molecule has 1 aliphatic carbocycles. The van der Waals surface area contributed by atoms with Crippen LogP contribution in [0.2, 0.25) is 5.02 Å². The van der Waals surface area contributed by atoms with Crippen LogP contribution >= 0.6 is 11.6 Å². The Hall–Kier alpha value is -1.62. The van der Waals surface area contributed by atoms with Crippen molar-refractivity contribution in [1.29, 1.82) is 0 Å². The van der Waals surface area contributed by atoms with Crippen molar-refractivity contribution < 1.29 is 19.1 Å². The van der Waals surface area contributed by atoms with Gasteiger partial charge in [0.15, 0.2) is 0 Å². The Labute approximate surface area is 133 Å². The molecule has 120 valence electrons. The Balaban J connectivity index is 2.12. The van der Waals surface area contributed by atoms with Gasteiger partial charge in [0.25, 0.3) is 0 Å². The van der Waals surface area contributed by atoms with Gasteiger partial charge in [0.2, 0.25) is 5.91 Å². The zero-order valence-electron chi connectivity index (χ0n) is 12.1. The molecule has 0 aliphatic heterocycles. The summed E-state index contributed by atoms with van der Waals surface area (Å²) in [5, 5.41) is 11.7. The quantitative estimate of drug-likeness (QED) is 0.866. The van der Waals surface area contributed by atoms with Crippen LogP contribution in [0.25, 0.3) is 0 Å². The normalized spacial score (nSPS) is 17.0. The van der Waals surface area contributed by atoms with Gasteiger partial charge < -0.3 is 10.4 Å². The topological polar surface area (TPSA) is 66.4 Å². The molecule has 1 aromatic carbocycles. The van der Waals surface area contributed by atoms with Gasteiger partial charge in [-0.3, -0.25) is 9.59 Å². The lowest BCUT2D eigenvalue weighted by atomic mass is 9.88. The number of carbonyl (C=O) groups excluding carboxylic acids is 1. The van der Waals surface area contributed by atoms with Crippen molar-refractivity contribution in [3.63, 3.8) is 0 Å². The van der Waals surface area contributed by atoms with Crippen molar-refractivity contribution in [3.05, 3.63) is 34.6 Å². The molecule has 1 unspecified atom stereocenters. The fourth-order valence-electron chi connectivity index (χ4n) is 2.81. The van der Waals surface area contributed by atoms with E-state index in [1.807, 2.05) is 0 Å². The van der Waals surface area contributed by atoms with Crippen LogP contribution in [-0.2, 0) is 9.59 Å². The van der Waals surface area contributed by atoms with E-state index in [4.69, 9.17) is 16.7 Å². The number of rotatable bonds is 5. The second-order valence-corrected chi connectivity index (χ2v) is 6.07. The molecular weight excluding hydrogens is 309 g/mol. The van der Waals surface area contributed by atoms with Crippen LogP contribution in [-0.4, -0.2) is 17.0 Å². The van der Waals surface area contributed by atoms with Crippen molar-refractivity contribution in [2.45, 2.75) is 44.6 Å². The van der Waals surface area contributed by atoms with E-state index in [1.54, 1.807) is 6.07 Å². The van der Waals surface area contributed by atoms with Crippen LogP contribution in [0.3, 0.4) is 0 Å². The zero-order chi connectivity index (χ0) is 16.1. The molecule has 1 atom stereocenters. The van der Waals surface area contributed by atoms with Crippen LogP contribution in [0.1, 0.15) is 50.1 Å². The predicted molar refractivity (Wildman–Crippen MR) is 81.1 cm³/mol. The zero-order valence-corrected chi connectivity index (χ0v) is 12.9. The molecular formula is C16H19ClFNO3. The molecule has 0 radical (unpaired) electrons. The average molecular weight is 328 g/mol. The van der Waals surface area contributed by atoms with E-state index in [1.165, 1.54) is 12.1 Å². The van der Waals surface area contributed by atoms with Gasteiger partial charge in [0.1, 0.15) is 5.82 Å². The van der Waals surface area contributed by atoms with Gasteiger partial charge in [-0.25, -0.2) is 4.39 Å². The molecule has 6 heteroatoms. The van der Waals surface area contributed by atoms with Crippen LogP contribution in [0.5, 0.6) is 0 Å². The monoisotopic (exact) mass is 327 g/mol. The lowest BCUT2D eigenvalue weighted by Crippen LogP contribution is -2.36. The smallest absolute Gasteiger partial charge is 0.305 e. The molecule has 1 fully saturated rings. The summed E-state index contributed by atoms with van der Waals surface area (Å²) in [7, 11) is 0. The van der Waals surface area contributed by atoms with Crippen LogP contribution < -0.4 is 5.32 Å². The second kappa shape index (κ2) is 7.58. The molecule has 1 amide bonds. The van der Waals surface area contributed by atoms with Crippen molar-refractivity contribution in [3.8, 4) is 0 Å². The Morgan fingerprint density at radius 3 is 2.59 bits per heavy atom. The van der Waals surface area contributed by atoms with E-state index in [-0.39, 0.29) is 23.3 Å². The molecule has 4 nitrogen and oxygen atoms in total. The minimum absolute atomic E-state index is 0.0311. The van der Waals surface area contributed by atoms with Crippen molar-refractivity contribution in [2.24, 2.45) is 5.92 Å². The number of carboxylic acids is 1. The van der Waals surface area contributed by atoms with E-state index in [9.17, 15) is 14.0 Å². The molecule has 1 aromatic rings. The summed E-state index contributed by atoms with van der Waals surface area (Å²) in [5.74, 6) is -1.91. The molecule has 1 aliphatic rings. The summed E-state index contributed by atoms with van der Waals surface area (Å²) < 4.78 is 13.6. The third-order valence-electron chi connectivity index (χ3n) is 4.02. The van der Waals surface area contributed by atoms with Gasteiger partial charge in [0, 0.05) is 5.92 Å². The highest BCUT2D eigenvalue weighted by molar-refractivity contribution is 6.30. The number of benzene rings is 1. The summed E-state index contributed by atoms with van der Waals surface area (Å²) in [5.41, 5.74) is 0.411. The Kier molecular flexibility index (Phi) is 5.77. The highest BCUT2D eigenvalue weighted by Crippen LogP contribution is 2.26. The van der Waals surface area contributed by atoms with Gasteiger partial charge in [0.05, 0.1) is 17.5 Å². The van der Waals surface area contributed by atoms with Gasteiger partial charge in [-0.15, -0.1) is 0 Å². The Bertz CT molecular complexity index is 558. The Morgan fingerprint density at radius 2 is 2.00 bits per heavy atom. The largest absolute Gasteiger partial charge is 0.481 e. The molecule has 2 N–H and O–H groups in total. The number of aliphatic carboxylic acids is 1. The average Bonchev–Trinajstić information content (AvgIpc) is 2.49. The third kappa shape index (κ3) is 4.44. The van der Waals surface area contributed by atoms with E-state index in [0.29, 0.717) is 5.56 Å². The van der Waals surface area contributed by atoms with Crippen molar-refractivity contribution in [1.82, 2.24) is 5.32 Å². The summed E-state index contributed by atoms with van der Waals surface area (Å²) >= 11 is 5.64. The minimum Gasteiger partial charge on any atom is -0.481 e. The molecule has 0 heterocycles. The first-order valence-electron chi connectivity index (χ1n) is 7.44. The summed E-state index contributed by atoms with van der Waals surface area (Å²) in [6.07, 6.45) is 4.50. The third-order valence-corrected chi connectivity index (χ3v) is 4.32. The van der Waals surface area contributed by atoms with Gasteiger partial charge >= 0.3 is 5.97 Å². The van der Waals surface area contributed by atoms with E-state index < -0.39 is 17.8 Å². The fourth-order valence-corrected chi connectivity index (χ4v) is 2.93. The molecule has 2 rings (SSSR count). The maximum absolute atomic E-state index is 13.6. The molecule has 22 heavy (non-hydrogen) atoms. The lowest BCUT2D eigenvalue weighted by Gasteiger charge is -2.24. The number of nitrogens with one attached hydrogen (secondary N) is 1. The standard InChI is InChI=1S/C16H19ClFNO3/c17-12-7-6-11(8-13(12)18)14(9-15(20)21)19-16(22)10-4-2-1-3-5-10/h6-8,10,14H,1-5,9H2,(H,19,22)(H,20,21). The fraction of sp³-hybridized carbons (Fsp3) is 0.500. The van der Waals surface area contributed by atoms with Crippen LogP contribution in [0.15, 0.2) is 18.2 Å². The molecule has 0 bridgehead atoms. The van der Waals surface area contributed by atoms with E-state index in [0.717, 1.165) is 32.1 Å². The van der Waals surface area contributed by atoms with Crippen LogP contribution in [0, 0.1) is 11.7 Å². The number of amides is 1. The highest BCUT2D eigenvalue weighted by Gasteiger charge is 2.25. The number of halogens is 2. The summed E-state index contributed by atoms with van der Waals surface area (Å²) in [6.45, 7) is 0. The van der Waals surface area contributed by atoms with E-state index in [2.05, 4.69) is 5.32 Å². The molecule has 1 saturated carbocycles. The lowest BCUT2D eigenvalue weighted by molar-refractivity contribution is -0.138.